The summed E-state index contributed by atoms with van der Waals surface area (Å²) in [7, 11) is 4.32. The number of rotatable bonds is 7. The van der Waals surface area contributed by atoms with Gasteiger partial charge in [0.1, 0.15) is 5.75 Å². The number of phenolic OH excluding ortho intramolecular Hbond substituents is 1. The predicted octanol–water partition coefficient (Wildman–Crippen LogP) is 5.00. The third-order valence-corrected chi connectivity index (χ3v) is 10.8. The lowest BCUT2D eigenvalue weighted by Gasteiger charge is -2.50. The number of nitrogens with zero attached hydrogens (tertiary/aromatic N) is 1. The molecule has 13 heteroatoms. The van der Waals surface area contributed by atoms with E-state index < -0.39 is 52.7 Å². The van der Waals surface area contributed by atoms with Gasteiger partial charge in [0.25, 0.3) is 11.8 Å². The first-order valence-electron chi connectivity index (χ1n) is 15.3. The van der Waals surface area contributed by atoms with Gasteiger partial charge in [-0.1, -0.05) is 47.0 Å². The van der Waals surface area contributed by atoms with E-state index in [9.17, 15) is 19.5 Å². The summed E-state index contributed by atoms with van der Waals surface area (Å²) >= 11 is 12.6. The molecule has 4 amide bonds. The van der Waals surface area contributed by atoms with Gasteiger partial charge in [0.05, 0.1) is 55.2 Å². The maximum Gasteiger partial charge on any atom is 0.260 e. The molecule has 248 valence electrons. The molecule has 0 aromatic heterocycles. The largest absolute Gasteiger partial charge is 0.502 e. The van der Waals surface area contributed by atoms with E-state index >= 15 is 4.79 Å². The van der Waals surface area contributed by atoms with Crippen molar-refractivity contribution in [2.24, 2.45) is 23.7 Å². The van der Waals surface area contributed by atoms with Gasteiger partial charge in [-0.05, 0) is 72.4 Å². The van der Waals surface area contributed by atoms with Crippen LogP contribution in [0.1, 0.15) is 29.9 Å². The van der Waals surface area contributed by atoms with E-state index in [1.807, 2.05) is 6.08 Å². The van der Waals surface area contributed by atoms with E-state index in [2.05, 4.69) is 10.7 Å². The molecule has 48 heavy (non-hydrogen) atoms. The van der Waals surface area contributed by atoms with Crippen molar-refractivity contribution in [1.82, 2.24) is 10.3 Å². The molecule has 2 aliphatic heterocycles. The van der Waals surface area contributed by atoms with Crippen LogP contribution in [0.5, 0.6) is 23.0 Å². The Balaban J connectivity index is 1.51. The van der Waals surface area contributed by atoms with Crippen LogP contribution in [0.4, 0.5) is 5.69 Å². The Hall–Kier alpha value is -4.74. The zero-order valence-electron chi connectivity index (χ0n) is 26.1. The minimum atomic E-state index is -1.57. The first kappa shape index (κ1) is 31.8. The molecule has 0 bridgehead atoms. The second kappa shape index (κ2) is 11.7. The molecule has 0 spiro atoms. The number of imide groups is 2. The summed E-state index contributed by atoms with van der Waals surface area (Å²) < 4.78 is 16.5. The molecule has 6 unspecified atom stereocenters. The molecule has 3 aromatic carbocycles. The van der Waals surface area contributed by atoms with Crippen molar-refractivity contribution >= 4 is 52.5 Å². The van der Waals surface area contributed by atoms with Crippen molar-refractivity contribution in [1.29, 1.82) is 0 Å². The predicted molar refractivity (Wildman–Crippen MR) is 175 cm³/mol. The summed E-state index contributed by atoms with van der Waals surface area (Å²) in [5, 5.41) is 14.9. The monoisotopic (exact) mass is 691 g/mol. The fraction of sp³-hybridized carbons (Fsp3) is 0.314. The lowest BCUT2D eigenvalue weighted by atomic mass is 9.49. The van der Waals surface area contributed by atoms with Gasteiger partial charge in [-0.15, -0.1) is 0 Å². The Bertz CT molecular complexity index is 1890. The van der Waals surface area contributed by atoms with E-state index in [1.54, 1.807) is 48.5 Å². The molecule has 0 radical (unpaired) electrons. The van der Waals surface area contributed by atoms with Crippen molar-refractivity contribution < 1.29 is 38.5 Å². The fourth-order valence-corrected chi connectivity index (χ4v) is 8.66. The summed E-state index contributed by atoms with van der Waals surface area (Å²) in [4.78, 5) is 56.2. The Morgan fingerprint density at radius 1 is 0.896 bits per heavy atom. The number of carbonyl (C=O) groups is 4. The van der Waals surface area contributed by atoms with Crippen LogP contribution in [0, 0.1) is 23.7 Å². The van der Waals surface area contributed by atoms with Gasteiger partial charge < -0.3 is 19.3 Å². The lowest BCUT2D eigenvalue weighted by molar-refractivity contribution is -0.138. The summed E-state index contributed by atoms with van der Waals surface area (Å²) in [6, 6.07) is 14.8. The van der Waals surface area contributed by atoms with Crippen LogP contribution >= 0.6 is 23.2 Å². The molecule has 1 saturated carbocycles. The van der Waals surface area contributed by atoms with E-state index in [-0.39, 0.29) is 46.7 Å². The number of allylic oxidation sites excluding steroid dienone is 2. The number of fused-ring (bicyclic) bond motifs is 4. The summed E-state index contributed by atoms with van der Waals surface area (Å²) in [5.41, 5.74) is 3.44. The number of benzene rings is 3. The highest BCUT2D eigenvalue weighted by Gasteiger charge is 2.70. The van der Waals surface area contributed by atoms with Gasteiger partial charge in [0, 0.05) is 10.9 Å². The number of amides is 4. The zero-order chi connectivity index (χ0) is 34.1. The highest BCUT2D eigenvalue weighted by molar-refractivity contribution is 6.36. The van der Waals surface area contributed by atoms with Crippen molar-refractivity contribution in [3.05, 3.63) is 87.4 Å². The second-order valence-corrected chi connectivity index (χ2v) is 13.2. The van der Waals surface area contributed by atoms with Gasteiger partial charge in [0.2, 0.25) is 17.6 Å². The van der Waals surface area contributed by atoms with E-state index in [4.69, 9.17) is 37.4 Å². The average Bonchev–Trinajstić information content (AvgIpc) is 3.49. The summed E-state index contributed by atoms with van der Waals surface area (Å²) in [6.45, 7) is 0. The van der Waals surface area contributed by atoms with Crippen molar-refractivity contribution in [3.8, 4) is 23.0 Å². The molecule has 3 N–H and O–H groups in total. The quantitative estimate of drug-likeness (QED) is 0.230. The first-order valence-corrected chi connectivity index (χ1v) is 16.0. The van der Waals surface area contributed by atoms with Crippen LogP contribution in [-0.4, -0.2) is 55.1 Å². The van der Waals surface area contributed by atoms with E-state index in [0.29, 0.717) is 21.9 Å². The molecule has 2 saturated heterocycles. The normalized spacial score (nSPS) is 27.5. The lowest BCUT2D eigenvalue weighted by Crippen LogP contribution is -2.53. The van der Waals surface area contributed by atoms with Crippen LogP contribution in [0.15, 0.2) is 66.2 Å². The molecule has 2 heterocycles. The molecular weight excluding hydrogens is 661 g/mol. The van der Waals surface area contributed by atoms with Gasteiger partial charge in [-0.3, -0.25) is 29.9 Å². The van der Waals surface area contributed by atoms with Crippen molar-refractivity contribution in [2.75, 3.05) is 26.8 Å². The second-order valence-electron chi connectivity index (χ2n) is 12.3. The van der Waals surface area contributed by atoms with E-state index in [0.717, 1.165) is 10.6 Å². The topological polar surface area (TPSA) is 144 Å². The minimum absolute atomic E-state index is 0.0932. The molecule has 3 aromatic rings. The number of ether oxygens (including phenoxy) is 3. The van der Waals surface area contributed by atoms with Crippen LogP contribution in [0.3, 0.4) is 0 Å². The maximum absolute atomic E-state index is 15.3. The number of hydrazine groups is 1. The van der Waals surface area contributed by atoms with Crippen LogP contribution < -0.4 is 25.0 Å². The van der Waals surface area contributed by atoms with Gasteiger partial charge in [0.15, 0.2) is 11.5 Å². The van der Waals surface area contributed by atoms with Crippen molar-refractivity contribution in [3.63, 3.8) is 0 Å². The smallest absolute Gasteiger partial charge is 0.260 e. The molecule has 7 rings (SSSR count). The number of hydrogen-bond acceptors (Lipinski definition) is 9. The minimum Gasteiger partial charge on any atom is -0.502 e. The van der Waals surface area contributed by atoms with Crippen LogP contribution in [0.2, 0.25) is 10.0 Å². The van der Waals surface area contributed by atoms with Crippen LogP contribution in [-0.2, 0) is 24.6 Å². The third-order valence-electron chi connectivity index (χ3n) is 10.3. The number of aromatic hydroxyl groups is 1. The molecule has 2 aliphatic carbocycles. The Labute approximate surface area is 285 Å². The molecule has 4 aliphatic rings. The van der Waals surface area contributed by atoms with Crippen molar-refractivity contribution in [2.45, 2.75) is 24.2 Å². The Kier molecular flexibility index (Phi) is 7.79. The van der Waals surface area contributed by atoms with E-state index in [1.165, 1.54) is 27.4 Å². The first-order chi connectivity index (χ1) is 23.0. The van der Waals surface area contributed by atoms with Gasteiger partial charge in [-0.2, -0.15) is 5.01 Å². The molecular formula is C35H31Cl2N3O8. The number of halogens is 2. The number of methoxy groups -OCH3 is 3. The number of phenols is 1. The number of nitrogens with one attached hydrogen (secondary N) is 2. The Morgan fingerprint density at radius 2 is 1.58 bits per heavy atom. The number of anilines is 1. The maximum atomic E-state index is 15.3. The molecule has 3 fully saturated rings. The highest BCUT2D eigenvalue weighted by atomic mass is 35.5. The zero-order valence-corrected chi connectivity index (χ0v) is 27.6. The third kappa shape index (κ3) is 4.55. The van der Waals surface area contributed by atoms with Gasteiger partial charge in [-0.25, -0.2) is 0 Å². The fourth-order valence-electron chi connectivity index (χ4n) is 8.21. The van der Waals surface area contributed by atoms with Gasteiger partial charge >= 0.3 is 0 Å². The number of hydrogen-bond donors (Lipinski definition) is 3. The molecule has 6 atom stereocenters. The SMILES string of the molecule is COc1ccc(C23C(=O)N(Nc4ccc(Cl)cc4Cl)C(=O)C2CC2C(=CCC4C(=O)NC(=O)C42)C3c2cc(OC)c(O)c(OC)c2)cc1. The van der Waals surface area contributed by atoms with Crippen LogP contribution in [0.25, 0.3) is 0 Å². The highest BCUT2D eigenvalue weighted by Crippen LogP contribution is 2.64. The summed E-state index contributed by atoms with van der Waals surface area (Å²) in [6.07, 6.45) is 2.30. The summed E-state index contributed by atoms with van der Waals surface area (Å²) in [5.74, 6) is -5.11. The standard InChI is InChI=1S/C35H31Cl2N3O8/c1-46-19-7-4-17(5-8-19)35-23(33(44)40(34(35)45)39-25-11-6-18(36)14-24(25)37)15-22-20(9-10-21-28(22)32(43)38-31(21)42)29(35)16-12-26(47-2)30(41)27(13-16)48-3/h4-9,11-14,21-23,28-29,39,41H,10,15H2,1-3H3,(H,38,42,43). The average molecular weight is 693 g/mol. The number of carbonyl (C=O) groups excluding carboxylic acids is 4. The Morgan fingerprint density at radius 3 is 2.21 bits per heavy atom. The molecule has 11 nitrogen and oxygen atoms in total.